The number of aryl methyl sites for hydroxylation is 1. The molecule has 0 aliphatic heterocycles. The molecule has 1 heterocycles. The highest BCUT2D eigenvalue weighted by atomic mass is 35.5. The van der Waals surface area contributed by atoms with Crippen LogP contribution in [0.25, 0.3) is 0 Å². The second-order valence-electron chi connectivity index (χ2n) is 4.46. The number of rotatable bonds is 6. The van der Waals surface area contributed by atoms with Gasteiger partial charge >= 0.3 is 0 Å². The number of imidazole rings is 1. The molecule has 2 rings (SSSR count). The summed E-state index contributed by atoms with van der Waals surface area (Å²) in [6.45, 7) is 3.01. The summed E-state index contributed by atoms with van der Waals surface area (Å²) in [6, 6.07) is 5.24. The van der Waals surface area contributed by atoms with Gasteiger partial charge in [-0.2, -0.15) is 0 Å². The zero-order valence-corrected chi connectivity index (χ0v) is 12.4. The lowest BCUT2D eigenvalue weighted by molar-refractivity contribution is 0.401. The second kappa shape index (κ2) is 6.74. The van der Waals surface area contributed by atoms with Crippen LogP contribution < -0.4 is 16.0 Å². The third-order valence-electron chi connectivity index (χ3n) is 3.14. The van der Waals surface area contributed by atoms with Crippen molar-refractivity contribution in [3.05, 3.63) is 47.0 Å². The molecule has 5 nitrogen and oxygen atoms in total. The molecule has 0 radical (unpaired) electrons. The van der Waals surface area contributed by atoms with Gasteiger partial charge in [-0.15, -0.1) is 0 Å². The maximum atomic E-state index is 6.00. The Morgan fingerprint density at radius 1 is 1.50 bits per heavy atom. The summed E-state index contributed by atoms with van der Waals surface area (Å²) >= 11 is 6.00. The van der Waals surface area contributed by atoms with Crippen LogP contribution in [0.15, 0.2) is 30.6 Å². The van der Waals surface area contributed by atoms with Crippen LogP contribution in [0.3, 0.4) is 0 Å². The molecule has 0 bridgehead atoms. The quantitative estimate of drug-likeness (QED) is 0.635. The average Bonchev–Trinajstić information content (AvgIpc) is 2.90. The first kappa shape index (κ1) is 14.8. The molecular weight excluding hydrogens is 276 g/mol. The number of hydrogen-bond acceptors (Lipinski definition) is 4. The minimum absolute atomic E-state index is 0.247. The van der Waals surface area contributed by atoms with Crippen LogP contribution in [0.1, 0.15) is 30.8 Å². The summed E-state index contributed by atoms with van der Waals surface area (Å²) < 4.78 is 7.47. The molecular formula is C14H19ClN4O. The SMILES string of the molecule is CCCn1ccnc1C(NN)c1ccc(Cl)cc1OC. The monoisotopic (exact) mass is 294 g/mol. The number of aromatic nitrogens is 2. The number of ether oxygens (including phenoxy) is 1. The lowest BCUT2D eigenvalue weighted by Crippen LogP contribution is -2.31. The normalized spacial score (nSPS) is 12.4. The standard InChI is InChI=1S/C14H19ClN4O/c1-3-7-19-8-6-17-14(19)13(18-16)11-5-4-10(15)9-12(11)20-2/h4-6,8-9,13,18H,3,7,16H2,1-2H3. The topological polar surface area (TPSA) is 65.1 Å². The van der Waals surface area contributed by atoms with Crippen LogP contribution in [0.4, 0.5) is 0 Å². The summed E-state index contributed by atoms with van der Waals surface area (Å²) in [5, 5.41) is 0.623. The van der Waals surface area contributed by atoms with Gasteiger partial charge < -0.3 is 9.30 Å². The molecule has 1 aromatic heterocycles. The van der Waals surface area contributed by atoms with Crippen molar-refractivity contribution in [2.45, 2.75) is 25.9 Å². The Balaban J connectivity index is 2.44. The second-order valence-corrected chi connectivity index (χ2v) is 4.90. The van der Waals surface area contributed by atoms with Crippen LogP contribution >= 0.6 is 11.6 Å². The number of halogens is 1. The Kier molecular flexibility index (Phi) is 5.00. The van der Waals surface area contributed by atoms with Crippen molar-refractivity contribution < 1.29 is 4.74 Å². The molecule has 0 spiro atoms. The minimum atomic E-state index is -0.247. The lowest BCUT2D eigenvalue weighted by Gasteiger charge is -2.20. The Morgan fingerprint density at radius 2 is 2.30 bits per heavy atom. The highest BCUT2D eigenvalue weighted by Crippen LogP contribution is 2.31. The zero-order chi connectivity index (χ0) is 14.5. The van der Waals surface area contributed by atoms with E-state index >= 15 is 0 Å². The van der Waals surface area contributed by atoms with Crippen LogP contribution in [0, 0.1) is 0 Å². The predicted molar refractivity (Wildman–Crippen MR) is 79.7 cm³/mol. The summed E-state index contributed by atoms with van der Waals surface area (Å²) in [7, 11) is 1.61. The third kappa shape index (κ3) is 2.95. The van der Waals surface area contributed by atoms with Crippen molar-refractivity contribution in [2.75, 3.05) is 7.11 Å². The van der Waals surface area contributed by atoms with Gasteiger partial charge in [0, 0.05) is 29.5 Å². The summed E-state index contributed by atoms with van der Waals surface area (Å²) in [6.07, 6.45) is 4.75. The van der Waals surface area contributed by atoms with Gasteiger partial charge in [0.25, 0.3) is 0 Å². The van der Waals surface area contributed by atoms with Crippen molar-refractivity contribution in [3.8, 4) is 5.75 Å². The fourth-order valence-electron chi connectivity index (χ4n) is 2.24. The van der Waals surface area contributed by atoms with Gasteiger partial charge in [0.2, 0.25) is 0 Å². The van der Waals surface area contributed by atoms with E-state index in [2.05, 4.69) is 21.9 Å². The Hall–Kier alpha value is -1.56. The number of benzene rings is 1. The fourth-order valence-corrected chi connectivity index (χ4v) is 2.40. The number of hydrazine groups is 1. The van der Waals surface area contributed by atoms with E-state index in [1.54, 1.807) is 19.4 Å². The van der Waals surface area contributed by atoms with Gasteiger partial charge in [-0.3, -0.25) is 5.84 Å². The summed E-state index contributed by atoms with van der Waals surface area (Å²) in [5.74, 6) is 7.27. The van der Waals surface area contributed by atoms with Gasteiger partial charge in [0.15, 0.2) is 0 Å². The van der Waals surface area contributed by atoms with Gasteiger partial charge in [0.05, 0.1) is 7.11 Å². The van der Waals surface area contributed by atoms with Crippen LogP contribution in [-0.2, 0) is 6.54 Å². The first-order valence-corrected chi connectivity index (χ1v) is 6.89. The number of nitrogens with two attached hydrogens (primary N) is 1. The van der Waals surface area contributed by atoms with Crippen molar-refractivity contribution in [1.82, 2.24) is 15.0 Å². The molecule has 0 saturated carbocycles. The van der Waals surface area contributed by atoms with E-state index in [0.717, 1.165) is 24.4 Å². The van der Waals surface area contributed by atoms with Crippen LogP contribution in [-0.4, -0.2) is 16.7 Å². The van der Waals surface area contributed by atoms with Crippen molar-refractivity contribution in [3.63, 3.8) is 0 Å². The highest BCUT2D eigenvalue weighted by molar-refractivity contribution is 6.30. The van der Waals surface area contributed by atoms with E-state index in [1.807, 2.05) is 18.3 Å². The van der Waals surface area contributed by atoms with Gasteiger partial charge in [-0.1, -0.05) is 24.6 Å². The first-order valence-electron chi connectivity index (χ1n) is 6.51. The molecule has 0 aliphatic rings. The molecule has 3 N–H and O–H groups in total. The maximum absolute atomic E-state index is 6.00. The smallest absolute Gasteiger partial charge is 0.131 e. The molecule has 1 atom stereocenters. The minimum Gasteiger partial charge on any atom is -0.496 e. The maximum Gasteiger partial charge on any atom is 0.131 e. The summed E-state index contributed by atoms with van der Waals surface area (Å²) in [5.41, 5.74) is 3.71. The molecule has 6 heteroatoms. The van der Waals surface area contributed by atoms with Crippen molar-refractivity contribution >= 4 is 11.6 Å². The number of nitrogens with one attached hydrogen (secondary N) is 1. The van der Waals surface area contributed by atoms with Gasteiger partial charge in [0.1, 0.15) is 17.6 Å². The molecule has 108 valence electrons. The number of methoxy groups -OCH3 is 1. The third-order valence-corrected chi connectivity index (χ3v) is 3.38. The largest absolute Gasteiger partial charge is 0.496 e. The van der Waals surface area contributed by atoms with E-state index in [9.17, 15) is 0 Å². The zero-order valence-electron chi connectivity index (χ0n) is 11.6. The molecule has 1 aromatic carbocycles. The molecule has 2 aromatic rings. The molecule has 0 saturated heterocycles. The van der Waals surface area contributed by atoms with Crippen molar-refractivity contribution in [2.24, 2.45) is 5.84 Å². The Labute approximate surface area is 123 Å². The fraction of sp³-hybridized carbons (Fsp3) is 0.357. The average molecular weight is 295 g/mol. The molecule has 20 heavy (non-hydrogen) atoms. The lowest BCUT2D eigenvalue weighted by atomic mass is 10.1. The summed E-state index contributed by atoms with van der Waals surface area (Å²) in [4.78, 5) is 4.41. The number of hydrogen-bond donors (Lipinski definition) is 2. The van der Waals surface area contributed by atoms with Gasteiger partial charge in [-0.25, -0.2) is 10.4 Å². The first-order chi connectivity index (χ1) is 9.71. The van der Waals surface area contributed by atoms with Crippen molar-refractivity contribution in [1.29, 1.82) is 0 Å². The van der Waals surface area contributed by atoms with E-state index in [1.165, 1.54) is 0 Å². The van der Waals surface area contributed by atoms with Crippen LogP contribution in [0.2, 0.25) is 5.02 Å². The van der Waals surface area contributed by atoms with E-state index in [-0.39, 0.29) is 6.04 Å². The van der Waals surface area contributed by atoms with Crippen LogP contribution in [0.5, 0.6) is 5.75 Å². The highest BCUT2D eigenvalue weighted by Gasteiger charge is 2.21. The number of nitrogens with zero attached hydrogens (tertiary/aromatic N) is 2. The molecule has 0 aliphatic carbocycles. The molecule has 1 unspecified atom stereocenters. The predicted octanol–water partition coefficient (Wildman–Crippen LogP) is 2.51. The Morgan fingerprint density at radius 3 is 2.95 bits per heavy atom. The van der Waals surface area contributed by atoms with E-state index < -0.39 is 0 Å². The Bertz CT molecular complexity index is 570. The van der Waals surface area contributed by atoms with Gasteiger partial charge in [-0.05, 0) is 18.6 Å². The van der Waals surface area contributed by atoms with E-state index in [4.69, 9.17) is 22.2 Å². The van der Waals surface area contributed by atoms with E-state index in [0.29, 0.717) is 10.8 Å². The molecule has 0 fully saturated rings. The molecule has 0 amide bonds.